The second-order valence-corrected chi connectivity index (χ2v) is 3.36. The first kappa shape index (κ1) is 10.7. The molecule has 0 spiro atoms. The van der Waals surface area contributed by atoms with Gasteiger partial charge in [-0.3, -0.25) is 0 Å². The molecule has 0 saturated heterocycles. The van der Waals surface area contributed by atoms with Crippen LogP contribution in [0.3, 0.4) is 0 Å². The van der Waals surface area contributed by atoms with Crippen LogP contribution in [0, 0.1) is 5.82 Å². The van der Waals surface area contributed by atoms with Gasteiger partial charge in [-0.25, -0.2) is 4.39 Å². The van der Waals surface area contributed by atoms with Gasteiger partial charge in [0, 0.05) is 6.07 Å². The van der Waals surface area contributed by atoms with Crippen LogP contribution < -0.4 is 4.74 Å². The van der Waals surface area contributed by atoms with Gasteiger partial charge in [0.05, 0.1) is 11.6 Å². The number of ether oxygens (including phenoxy) is 1. The Bertz CT molecular complexity index is 280. The zero-order chi connectivity index (χ0) is 9.68. The Morgan fingerprint density at radius 2 is 2.23 bits per heavy atom. The van der Waals surface area contributed by atoms with E-state index in [1.807, 2.05) is 0 Å². The van der Waals surface area contributed by atoms with Crippen molar-refractivity contribution in [3.8, 4) is 5.75 Å². The highest BCUT2D eigenvalue weighted by Crippen LogP contribution is 2.20. The van der Waals surface area contributed by atoms with Gasteiger partial charge >= 0.3 is 0 Å². The standard InChI is InChI=1S/C9H10ClFOS/c10-8-3-2-7(6-9(8)11)12-4-1-5-13/h2-3,6,13H,1,4-5H2. The quantitative estimate of drug-likeness (QED) is 0.606. The van der Waals surface area contributed by atoms with Crippen molar-refractivity contribution in [2.45, 2.75) is 6.42 Å². The molecule has 0 heterocycles. The molecule has 0 atom stereocenters. The average molecular weight is 221 g/mol. The highest BCUT2D eigenvalue weighted by Gasteiger charge is 2.00. The van der Waals surface area contributed by atoms with Crippen molar-refractivity contribution >= 4 is 24.2 Å². The number of benzene rings is 1. The molecule has 0 saturated carbocycles. The summed E-state index contributed by atoms with van der Waals surface area (Å²) in [6.07, 6.45) is 0.841. The normalized spacial score (nSPS) is 10.1. The highest BCUT2D eigenvalue weighted by atomic mass is 35.5. The molecule has 1 nitrogen and oxygen atoms in total. The van der Waals surface area contributed by atoms with Gasteiger partial charge in [-0.05, 0) is 24.3 Å². The summed E-state index contributed by atoms with van der Waals surface area (Å²) >= 11 is 9.53. The minimum absolute atomic E-state index is 0.113. The molecule has 0 unspecified atom stereocenters. The zero-order valence-electron chi connectivity index (χ0n) is 6.96. The second-order valence-electron chi connectivity index (χ2n) is 2.50. The van der Waals surface area contributed by atoms with Crippen LogP contribution in [0.5, 0.6) is 5.75 Å². The van der Waals surface area contributed by atoms with Gasteiger partial charge in [-0.15, -0.1) is 0 Å². The van der Waals surface area contributed by atoms with Gasteiger partial charge in [0.15, 0.2) is 0 Å². The van der Waals surface area contributed by atoms with Crippen molar-refractivity contribution in [3.05, 3.63) is 29.0 Å². The van der Waals surface area contributed by atoms with Gasteiger partial charge in [0.2, 0.25) is 0 Å². The minimum Gasteiger partial charge on any atom is -0.493 e. The Morgan fingerprint density at radius 3 is 2.85 bits per heavy atom. The molecule has 0 bridgehead atoms. The van der Waals surface area contributed by atoms with Crippen LogP contribution in [0.4, 0.5) is 4.39 Å². The van der Waals surface area contributed by atoms with E-state index in [0.29, 0.717) is 12.4 Å². The van der Waals surface area contributed by atoms with E-state index in [2.05, 4.69) is 12.6 Å². The fourth-order valence-electron chi connectivity index (χ4n) is 0.821. The molecule has 1 rings (SSSR count). The summed E-state index contributed by atoms with van der Waals surface area (Å²) in [6, 6.07) is 4.40. The lowest BCUT2D eigenvalue weighted by molar-refractivity contribution is 0.317. The predicted octanol–water partition coefficient (Wildman–Crippen LogP) is 3.18. The Morgan fingerprint density at radius 1 is 1.46 bits per heavy atom. The Balaban J connectivity index is 2.53. The third-order valence-corrected chi connectivity index (χ3v) is 2.08. The summed E-state index contributed by atoms with van der Waals surface area (Å²) in [6.45, 7) is 0.546. The lowest BCUT2D eigenvalue weighted by Crippen LogP contribution is -1.97. The van der Waals surface area contributed by atoms with E-state index < -0.39 is 5.82 Å². The Hall–Kier alpha value is -0.410. The van der Waals surface area contributed by atoms with Crippen LogP contribution in [0.25, 0.3) is 0 Å². The number of thiol groups is 1. The SMILES string of the molecule is Fc1cc(OCCCS)ccc1Cl. The molecule has 4 heteroatoms. The lowest BCUT2D eigenvalue weighted by Gasteiger charge is -2.04. The summed E-state index contributed by atoms with van der Waals surface area (Å²) in [5.41, 5.74) is 0. The van der Waals surface area contributed by atoms with E-state index in [-0.39, 0.29) is 5.02 Å². The maximum absolute atomic E-state index is 12.9. The highest BCUT2D eigenvalue weighted by molar-refractivity contribution is 7.80. The summed E-state index contributed by atoms with van der Waals surface area (Å²) in [4.78, 5) is 0. The van der Waals surface area contributed by atoms with Crippen molar-refractivity contribution in [2.75, 3.05) is 12.4 Å². The molecule has 0 radical (unpaired) electrons. The smallest absolute Gasteiger partial charge is 0.145 e. The molecule has 0 aliphatic heterocycles. The molecule has 0 aliphatic carbocycles. The minimum atomic E-state index is -0.454. The number of hydrogen-bond donors (Lipinski definition) is 1. The van der Waals surface area contributed by atoms with Gasteiger partial charge in [-0.2, -0.15) is 12.6 Å². The van der Waals surface area contributed by atoms with Crippen molar-refractivity contribution in [1.82, 2.24) is 0 Å². The topological polar surface area (TPSA) is 9.23 Å². The molecular formula is C9H10ClFOS. The second kappa shape index (κ2) is 5.35. The molecule has 0 fully saturated rings. The number of hydrogen-bond acceptors (Lipinski definition) is 2. The summed E-state index contributed by atoms with van der Waals surface area (Å²) in [5, 5.41) is 0.113. The van der Waals surface area contributed by atoms with Crippen LogP contribution in [0.15, 0.2) is 18.2 Å². The van der Waals surface area contributed by atoms with E-state index >= 15 is 0 Å². The maximum atomic E-state index is 12.9. The van der Waals surface area contributed by atoms with E-state index in [4.69, 9.17) is 16.3 Å². The van der Waals surface area contributed by atoms with Crippen LogP contribution in [0.1, 0.15) is 6.42 Å². The number of rotatable bonds is 4. The van der Waals surface area contributed by atoms with Gasteiger partial charge in [-0.1, -0.05) is 11.6 Å². The summed E-state index contributed by atoms with van der Waals surface area (Å²) in [7, 11) is 0. The van der Waals surface area contributed by atoms with E-state index in [0.717, 1.165) is 12.2 Å². The van der Waals surface area contributed by atoms with Crippen molar-refractivity contribution in [3.63, 3.8) is 0 Å². The molecule has 13 heavy (non-hydrogen) atoms. The first-order chi connectivity index (χ1) is 6.24. The molecule has 72 valence electrons. The molecule has 1 aromatic carbocycles. The van der Waals surface area contributed by atoms with E-state index in [9.17, 15) is 4.39 Å². The third kappa shape index (κ3) is 3.44. The fourth-order valence-corrected chi connectivity index (χ4v) is 1.07. The predicted molar refractivity (Wildman–Crippen MR) is 55.4 cm³/mol. The Kier molecular flexibility index (Phi) is 4.39. The molecular weight excluding hydrogens is 211 g/mol. The van der Waals surface area contributed by atoms with Crippen molar-refractivity contribution in [2.24, 2.45) is 0 Å². The van der Waals surface area contributed by atoms with Crippen LogP contribution >= 0.6 is 24.2 Å². The summed E-state index contributed by atoms with van der Waals surface area (Å²) < 4.78 is 18.1. The molecule has 1 aromatic rings. The average Bonchev–Trinajstić information content (AvgIpc) is 2.12. The van der Waals surface area contributed by atoms with Crippen molar-refractivity contribution < 1.29 is 9.13 Å². The van der Waals surface area contributed by atoms with Crippen LogP contribution in [-0.2, 0) is 0 Å². The summed E-state index contributed by atoms with van der Waals surface area (Å²) in [5.74, 6) is 0.810. The van der Waals surface area contributed by atoms with E-state index in [1.54, 1.807) is 6.07 Å². The largest absolute Gasteiger partial charge is 0.493 e. The van der Waals surface area contributed by atoms with Crippen molar-refractivity contribution in [1.29, 1.82) is 0 Å². The van der Waals surface area contributed by atoms with E-state index in [1.165, 1.54) is 12.1 Å². The molecule has 0 aromatic heterocycles. The van der Waals surface area contributed by atoms with Gasteiger partial charge in [0.1, 0.15) is 11.6 Å². The maximum Gasteiger partial charge on any atom is 0.145 e. The zero-order valence-corrected chi connectivity index (χ0v) is 8.62. The van der Waals surface area contributed by atoms with Crippen LogP contribution in [0.2, 0.25) is 5.02 Å². The van der Waals surface area contributed by atoms with Gasteiger partial charge in [0.25, 0.3) is 0 Å². The van der Waals surface area contributed by atoms with Gasteiger partial charge < -0.3 is 4.74 Å². The number of halogens is 2. The lowest BCUT2D eigenvalue weighted by atomic mass is 10.3. The first-order valence-corrected chi connectivity index (χ1v) is 4.94. The molecule has 0 aliphatic rings. The third-order valence-electron chi connectivity index (χ3n) is 1.46. The molecule has 0 amide bonds. The van der Waals surface area contributed by atoms with Crippen LogP contribution in [-0.4, -0.2) is 12.4 Å². The fraction of sp³-hybridized carbons (Fsp3) is 0.333. The first-order valence-electron chi connectivity index (χ1n) is 3.93. The Labute approximate surface area is 87.3 Å². The molecule has 0 N–H and O–H groups in total. The monoisotopic (exact) mass is 220 g/mol.